The summed E-state index contributed by atoms with van der Waals surface area (Å²) >= 11 is 0. The van der Waals surface area contributed by atoms with Gasteiger partial charge in [-0.2, -0.15) is 0 Å². The van der Waals surface area contributed by atoms with Gasteiger partial charge in [-0.15, -0.1) is 0 Å². The normalized spacial score (nSPS) is 20.9. The lowest BCUT2D eigenvalue weighted by atomic mass is 9.70. The Morgan fingerprint density at radius 3 is 2.08 bits per heavy atom. The fraction of sp³-hybridized carbons (Fsp3) is 0.429. The molecule has 5 nitrogen and oxygen atoms in total. The SMILES string of the molecule is CCC(=O)N1CC[C@]2(C(=O)N(Cc3ccccc3)c3ccccc32)[C@@H]1c1cc(C(C)(C)C)c(O)c(C(C)(C)C)c1. The van der Waals surface area contributed by atoms with Gasteiger partial charge in [-0.3, -0.25) is 9.59 Å². The van der Waals surface area contributed by atoms with Gasteiger partial charge in [0, 0.05) is 18.7 Å². The van der Waals surface area contributed by atoms with Crippen LogP contribution >= 0.6 is 0 Å². The number of likely N-dealkylation sites (tertiary alicyclic amines) is 1. The highest BCUT2D eigenvalue weighted by Gasteiger charge is 2.61. The van der Waals surface area contributed by atoms with Crippen molar-refractivity contribution in [3.63, 3.8) is 0 Å². The number of nitrogens with zero attached hydrogens (tertiary/aromatic N) is 2. The van der Waals surface area contributed by atoms with Gasteiger partial charge in [0.2, 0.25) is 11.8 Å². The largest absolute Gasteiger partial charge is 0.507 e. The average molecular weight is 539 g/mol. The van der Waals surface area contributed by atoms with E-state index >= 15 is 0 Å². The Morgan fingerprint density at radius 2 is 1.50 bits per heavy atom. The van der Waals surface area contributed by atoms with Gasteiger partial charge < -0.3 is 14.9 Å². The smallest absolute Gasteiger partial charge is 0.240 e. The van der Waals surface area contributed by atoms with Crippen molar-refractivity contribution in [1.82, 2.24) is 4.90 Å². The second-order valence-corrected chi connectivity index (χ2v) is 13.4. The molecule has 0 aromatic heterocycles. The predicted octanol–water partition coefficient (Wildman–Crippen LogP) is 7.16. The maximum Gasteiger partial charge on any atom is 0.240 e. The summed E-state index contributed by atoms with van der Waals surface area (Å²) in [6, 6.07) is 21.8. The van der Waals surface area contributed by atoms with E-state index in [1.165, 1.54) is 0 Å². The van der Waals surface area contributed by atoms with Crippen LogP contribution < -0.4 is 4.90 Å². The van der Waals surface area contributed by atoms with E-state index in [9.17, 15) is 14.7 Å². The molecule has 2 amide bonds. The number of carbonyl (C=O) groups is 2. The molecule has 210 valence electrons. The van der Waals surface area contributed by atoms with E-state index in [0.29, 0.717) is 31.7 Å². The number of hydrogen-bond donors (Lipinski definition) is 1. The van der Waals surface area contributed by atoms with Crippen LogP contribution in [0.15, 0.2) is 66.7 Å². The lowest BCUT2D eigenvalue weighted by molar-refractivity contribution is -0.133. The van der Waals surface area contributed by atoms with Gasteiger partial charge in [0.25, 0.3) is 0 Å². The molecule has 3 aromatic carbocycles. The van der Waals surface area contributed by atoms with E-state index in [1.807, 2.05) is 77.4 Å². The van der Waals surface area contributed by atoms with Crippen molar-refractivity contribution >= 4 is 17.5 Å². The molecule has 2 atom stereocenters. The van der Waals surface area contributed by atoms with Crippen LogP contribution in [0.1, 0.15) is 95.2 Å². The first-order valence-corrected chi connectivity index (χ1v) is 14.4. The number of phenols is 1. The quantitative estimate of drug-likeness (QED) is 0.384. The van der Waals surface area contributed by atoms with E-state index in [2.05, 4.69) is 47.6 Å². The third-order valence-electron chi connectivity index (χ3n) is 8.70. The van der Waals surface area contributed by atoms with Gasteiger partial charge in [0.05, 0.1) is 12.6 Å². The molecule has 1 fully saturated rings. The van der Waals surface area contributed by atoms with Crippen molar-refractivity contribution in [2.75, 3.05) is 11.4 Å². The molecule has 5 heteroatoms. The number of hydrogen-bond acceptors (Lipinski definition) is 3. The standard InChI is InChI=1S/C35H42N2O3/c1-8-29(38)36-19-18-35(31(36)24-20-26(33(2,3)4)30(39)27(21-24)34(5,6)7)25-16-12-13-17-28(25)37(32(35)40)22-23-14-10-9-11-15-23/h9-17,20-21,31,39H,8,18-19,22H2,1-7H3/t31-,35+/m0/s1. The molecular weight excluding hydrogens is 496 g/mol. The summed E-state index contributed by atoms with van der Waals surface area (Å²) in [4.78, 5) is 32.1. The minimum absolute atomic E-state index is 0.0383. The molecule has 2 aliphatic rings. The topological polar surface area (TPSA) is 60.9 Å². The summed E-state index contributed by atoms with van der Waals surface area (Å²) in [5.41, 5.74) is 3.97. The van der Waals surface area contributed by atoms with Gasteiger partial charge in [0.15, 0.2) is 0 Å². The fourth-order valence-corrected chi connectivity index (χ4v) is 6.70. The van der Waals surface area contributed by atoms with Crippen LogP contribution in [0.25, 0.3) is 0 Å². The zero-order valence-electron chi connectivity index (χ0n) is 24.9. The van der Waals surface area contributed by atoms with Crippen molar-refractivity contribution in [2.45, 2.75) is 90.1 Å². The highest BCUT2D eigenvalue weighted by atomic mass is 16.3. The number of rotatable bonds is 4. The van der Waals surface area contributed by atoms with E-state index in [0.717, 1.165) is 33.5 Å². The van der Waals surface area contributed by atoms with Crippen molar-refractivity contribution in [1.29, 1.82) is 0 Å². The average Bonchev–Trinajstić information content (AvgIpc) is 3.41. The Morgan fingerprint density at radius 1 is 0.925 bits per heavy atom. The first kappa shape index (κ1) is 27.9. The van der Waals surface area contributed by atoms with Crippen molar-refractivity contribution < 1.29 is 14.7 Å². The van der Waals surface area contributed by atoms with E-state index in [1.54, 1.807) is 0 Å². The lowest BCUT2D eigenvalue weighted by Gasteiger charge is -2.37. The molecule has 2 aliphatic heterocycles. The molecule has 1 spiro atoms. The molecule has 5 rings (SSSR count). The van der Waals surface area contributed by atoms with Crippen LogP contribution in [0.4, 0.5) is 5.69 Å². The molecule has 2 heterocycles. The highest BCUT2D eigenvalue weighted by molar-refractivity contribution is 6.09. The Balaban J connectivity index is 1.76. The number of anilines is 1. The molecule has 40 heavy (non-hydrogen) atoms. The summed E-state index contributed by atoms with van der Waals surface area (Å²) in [6.07, 6.45) is 0.924. The first-order chi connectivity index (χ1) is 18.8. The van der Waals surface area contributed by atoms with E-state index in [4.69, 9.17) is 0 Å². The van der Waals surface area contributed by atoms with Gasteiger partial charge in [-0.1, -0.05) is 97.0 Å². The second-order valence-electron chi connectivity index (χ2n) is 13.4. The van der Waals surface area contributed by atoms with E-state index < -0.39 is 11.5 Å². The Labute approximate surface area is 238 Å². The molecule has 3 aromatic rings. The Hall–Kier alpha value is -3.60. The number of para-hydroxylation sites is 1. The fourth-order valence-electron chi connectivity index (χ4n) is 6.70. The summed E-state index contributed by atoms with van der Waals surface area (Å²) < 4.78 is 0. The van der Waals surface area contributed by atoms with Crippen LogP contribution in [-0.2, 0) is 32.4 Å². The first-order valence-electron chi connectivity index (χ1n) is 14.4. The number of amides is 2. The molecule has 0 aliphatic carbocycles. The van der Waals surface area contributed by atoms with Crippen LogP contribution in [0.5, 0.6) is 5.75 Å². The molecule has 0 unspecified atom stereocenters. The maximum atomic E-state index is 14.8. The van der Waals surface area contributed by atoms with Gasteiger partial charge in [-0.25, -0.2) is 0 Å². The van der Waals surface area contributed by atoms with Crippen molar-refractivity contribution in [3.05, 3.63) is 94.5 Å². The van der Waals surface area contributed by atoms with E-state index in [-0.39, 0.29) is 22.6 Å². The van der Waals surface area contributed by atoms with Crippen molar-refractivity contribution in [2.24, 2.45) is 0 Å². The molecule has 1 saturated heterocycles. The van der Waals surface area contributed by atoms with Crippen LogP contribution in [-0.4, -0.2) is 28.4 Å². The summed E-state index contributed by atoms with van der Waals surface area (Å²) in [7, 11) is 0. The zero-order chi connectivity index (χ0) is 29.0. The highest BCUT2D eigenvalue weighted by Crippen LogP contribution is 2.58. The number of aromatic hydroxyl groups is 1. The zero-order valence-corrected chi connectivity index (χ0v) is 24.9. The molecule has 1 N–H and O–H groups in total. The van der Waals surface area contributed by atoms with Crippen molar-refractivity contribution in [3.8, 4) is 5.75 Å². The number of benzene rings is 3. The molecule has 0 bridgehead atoms. The minimum atomic E-state index is -0.905. The van der Waals surface area contributed by atoms with Gasteiger partial charge >= 0.3 is 0 Å². The maximum absolute atomic E-state index is 14.8. The molecular formula is C35H42N2O3. The van der Waals surface area contributed by atoms with Crippen LogP contribution in [0.3, 0.4) is 0 Å². The molecule has 0 saturated carbocycles. The minimum Gasteiger partial charge on any atom is -0.507 e. The third-order valence-corrected chi connectivity index (χ3v) is 8.70. The van der Waals surface area contributed by atoms with Gasteiger partial charge in [-0.05, 0) is 63.3 Å². The summed E-state index contributed by atoms with van der Waals surface area (Å²) in [6.45, 7) is 15.4. The number of fused-ring (bicyclic) bond motifs is 2. The summed E-state index contributed by atoms with van der Waals surface area (Å²) in [5, 5.41) is 11.5. The van der Waals surface area contributed by atoms with Gasteiger partial charge in [0.1, 0.15) is 11.2 Å². The molecule has 0 radical (unpaired) electrons. The monoisotopic (exact) mass is 538 g/mol. The lowest BCUT2D eigenvalue weighted by Crippen LogP contribution is -2.45. The Bertz CT molecular complexity index is 1410. The predicted molar refractivity (Wildman–Crippen MR) is 161 cm³/mol. The number of carbonyl (C=O) groups excluding carboxylic acids is 2. The second kappa shape index (κ2) is 9.79. The third kappa shape index (κ3) is 4.40. The summed E-state index contributed by atoms with van der Waals surface area (Å²) in [5.74, 6) is 0.376. The number of phenolic OH excluding ortho intramolecular Hbond substituents is 1. The van der Waals surface area contributed by atoms with Crippen LogP contribution in [0, 0.1) is 0 Å². The Kier molecular flexibility index (Phi) is 6.84. The van der Waals surface area contributed by atoms with Crippen LogP contribution in [0.2, 0.25) is 0 Å².